The molecule has 2 amide bonds. The molecular weight excluding hydrogens is 634 g/mol. The van der Waals surface area contributed by atoms with Crippen molar-refractivity contribution in [3.05, 3.63) is 41.6 Å². The number of carboxylic acids is 1. The van der Waals surface area contributed by atoms with Gasteiger partial charge in [-0.1, -0.05) is 31.9 Å². The number of anilines is 2. The number of hydrogen-bond acceptors (Lipinski definition) is 12. The molecule has 3 aromatic rings. The fourth-order valence-corrected chi connectivity index (χ4v) is 7.26. The Morgan fingerprint density at radius 1 is 1.10 bits per heavy atom. The van der Waals surface area contributed by atoms with Gasteiger partial charge in [0, 0.05) is 76.3 Å². The molecule has 4 heterocycles. The number of carbonyl (C=O) groups excluding carboxylic acids is 2. The molecule has 2 fully saturated rings. The van der Waals surface area contributed by atoms with Crippen LogP contribution in [-0.2, 0) is 27.5 Å². The fraction of sp³-hybridized carbons (Fsp3) is 0.545. The number of likely N-dealkylation sites (tertiary alicyclic amines) is 1. The Hall–Kier alpha value is -3.92. The van der Waals surface area contributed by atoms with Crippen LogP contribution in [0.5, 0.6) is 5.75 Å². The fourth-order valence-electron chi connectivity index (χ4n) is 6.14. The van der Waals surface area contributed by atoms with Crippen LogP contribution >= 0.6 is 11.8 Å². The summed E-state index contributed by atoms with van der Waals surface area (Å²) in [5, 5.41) is 11.9. The summed E-state index contributed by atoms with van der Waals surface area (Å²) in [6.07, 6.45) is 5.45. The number of nitrogens with two attached hydrogens (primary N) is 2. The molecule has 260 valence electrons. The lowest BCUT2D eigenvalue weighted by molar-refractivity contribution is -0.139. The highest BCUT2D eigenvalue weighted by Crippen LogP contribution is 2.28. The lowest BCUT2D eigenvalue weighted by atomic mass is 10.1. The molecule has 1 unspecified atom stereocenters. The number of nitrogens with one attached hydrogen (secondary N) is 1. The molecule has 1 aromatic carbocycles. The second-order valence-corrected chi connectivity index (χ2v) is 13.6. The average Bonchev–Trinajstić information content (AvgIpc) is 3.60. The number of nitrogens with zero attached hydrogens (tertiary/aromatic N) is 6. The van der Waals surface area contributed by atoms with Gasteiger partial charge in [-0.3, -0.25) is 29.1 Å². The molecule has 2 aliphatic heterocycles. The number of unbranched alkanes of at least 4 members (excludes halogenated alkanes) is 2. The van der Waals surface area contributed by atoms with Gasteiger partial charge in [-0.15, -0.1) is 11.8 Å². The zero-order valence-corrected chi connectivity index (χ0v) is 28.6. The van der Waals surface area contributed by atoms with Crippen molar-refractivity contribution >= 4 is 52.3 Å². The summed E-state index contributed by atoms with van der Waals surface area (Å²) in [4.78, 5) is 51.2. The second kappa shape index (κ2) is 16.5. The third-order valence-electron chi connectivity index (χ3n) is 8.90. The summed E-state index contributed by atoms with van der Waals surface area (Å²) < 4.78 is 7.97. The maximum atomic E-state index is 12.8. The molecule has 14 nitrogen and oxygen atoms in total. The van der Waals surface area contributed by atoms with E-state index in [0.717, 1.165) is 104 Å². The Bertz CT molecular complexity index is 1590. The SMILES string of the molecule is CCCCCNc1nc(N)nc2ccn(Cc3ccc(CN4CCN(CCN5C(=O)CC(SC[C@H](N)C(=O)O)C5=O)CC4)cc3OC)c12. The Morgan fingerprint density at radius 3 is 2.60 bits per heavy atom. The number of amides is 2. The van der Waals surface area contributed by atoms with Crippen molar-refractivity contribution in [1.82, 2.24) is 29.2 Å². The molecule has 6 N–H and O–H groups in total. The monoisotopic (exact) mass is 681 g/mol. The Morgan fingerprint density at radius 2 is 1.88 bits per heavy atom. The van der Waals surface area contributed by atoms with Gasteiger partial charge in [0.1, 0.15) is 17.3 Å². The Balaban J connectivity index is 1.12. The van der Waals surface area contributed by atoms with Crippen molar-refractivity contribution in [2.24, 2.45) is 5.73 Å². The summed E-state index contributed by atoms with van der Waals surface area (Å²) in [6, 6.07) is 7.28. The van der Waals surface area contributed by atoms with E-state index in [1.165, 1.54) is 4.90 Å². The van der Waals surface area contributed by atoms with Crippen molar-refractivity contribution < 1.29 is 24.2 Å². The normalized spacial score (nSPS) is 18.1. The number of imide groups is 1. The van der Waals surface area contributed by atoms with Crippen LogP contribution in [-0.4, -0.2) is 122 Å². The van der Waals surface area contributed by atoms with Crippen molar-refractivity contribution in [2.75, 3.05) is 69.7 Å². The molecule has 5 rings (SSSR count). The number of aliphatic carboxylic acids is 1. The first-order valence-corrected chi connectivity index (χ1v) is 17.6. The van der Waals surface area contributed by atoms with Crippen LogP contribution in [0.15, 0.2) is 30.5 Å². The van der Waals surface area contributed by atoms with Crippen molar-refractivity contribution in [2.45, 2.75) is 57.0 Å². The number of rotatable bonds is 17. The summed E-state index contributed by atoms with van der Waals surface area (Å²) in [7, 11) is 1.70. The van der Waals surface area contributed by atoms with Gasteiger partial charge < -0.3 is 31.2 Å². The van der Waals surface area contributed by atoms with E-state index in [2.05, 4.69) is 54.8 Å². The van der Waals surface area contributed by atoms with Gasteiger partial charge in [-0.25, -0.2) is 4.98 Å². The lowest BCUT2D eigenvalue weighted by Crippen LogP contribution is -2.48. The number of piperazine rings is 1. The third kappa shape index (κ3) is 8.75. The van der Waals surface area contributed by atoms with Gasteiger partial charge in [0.05, 0.1) is 24.4 Å². The van der Waals surface area contributed by atoms with Gasteiger partial charge in [0.2, 0.25) is 17.8 Å². The maximum absolute atomic E-state index is 12.8. The van der Waals surface area contributed by atoms with Gasteiger partial charge >= 0.3 is 5.97 Å². The van der Waals surface area contributed by atoms with Gasteiger partial charge in [-0.2, -0.15) is 4.98 Å². The van der Waals surface area contributed by atoms with E-state index in [0.29, 0.717) is 19.6 Å². The number of methoxy groups -OCH3 is 1. The number of benzene rings is 1. The molecule has 0 bridgehead atoms. The number of fused-ring (bicyclic) bond motifs is 1. The van der Waals surface area contributed by atoms with E-state index >= 15 is 0 Å². The van der Waals surface area contributed by atoms with Crippen LogP contribution < -0.4 is 21.5 Å². The molecule has 0 radical (unpaired) electrons. The average molecular weight is 682 g/mol. The number of nitrogen functional groups attached to an aromatic ring is 1. The van der Waals surface area contributed by atoms with E-state index in [9.17, 15) is 14.4 Å². The largest absolute Gasteiger partial charge is 0.496 e. The molecule has 0 aliphatic carbocycles. The van der Waals surface area contributed by atoms with Gasteiger partial charge in [0.15, 0.2) is 5.82 Å². The number of ether oxygens (including phenoxy) is 1. The molecule has 48 heavy (non-hydrogen) atoms. The zero-order valence-electron chi connectivity index (χ0n) is 27.8. The van der Waals surface area contributed by atoms with E-state index in [1.54, 1.807) is 7.11 Å². The summed E-state index contributed by atoms with van der Waals surface area (Å²) in [5.41, 5.74) is 15.5. The molecule has 0 spiro atoms. The van der Waals surface area contributed by atoms with Crippen LogP contribution in [0.2, 0.25) is 0 Å². The Kier molecular flexibility index (Phi) is 12.1. The predicted molar refractivity (Wildman–Crippen MR) is 187 cm³/mol. The Labute approximate surface area is 285 Å². The minimum atomic E-state index is -1.12. The summed E-state index contributed by atoms with van der Waals surface area (Å²) in [6.45, 7) is 8.73. The molecular formula is C33H47N9O5S. The summed E-state index contributed by atoms with van der Waals surface area (Å²) >= 11 is 1.15. The number of aromatic nitrogens is 3. The number of thioether (sulfide) groups is 1. The molecule has 2 atom stereocenters. The standard InChI is InChI=1S/C33H47N9O5S/c1-3-4-5-9-36-30-29-25(37-33(35)38-30)8-10-41(29)20-23-7-6-22(17-26(23)47-2)19-40-13-11-39(12-14-40)15-16-42-28(43)18-27(31(42)44)48-21-24(34)32(45)46/h6-8,10,17,24,27H,3-5,9,11-16,18-21,34H2,1-2H3,(H,45,46)(H3,35,36,37,38)/t24-,27?/m0/s1. The van der Waals surface area contributed by atoms with E-state index < -0.39 is 17.3 Å². The first kappa shape index (κ1) is 35.4. The highest BCUT2D eigenvalue weighted by molar-refractivity contribution is 8.00. The molecule has 2 aromatic heterocycles. The molecule has 2 saturated heterocycles. The van der Waals surface area contributed by atoms with Crippen LogP contribution in [0.3, 0.4) is 0 Å². The molecule has 2 aliphatic rings. The van der Waals surface area contributed by atoms with E-state index in [4.69, 9.17) is 21.3 Å². The lowest BCUT2D eigenvalue weighted by Gasteiger charge is -2.35. The van der Waals surface area contributed by atoms with Gasteiger partial charge in [-0.05, 0) is 24.1 Å². The smallest absolute Gasteiger partial charge is 0.321 e. The number of hydrogen-bond donors (Lipinski definition) is 4. The maximum Gasteiger partial charge on any atom is 0.321 e. The summed E-state index contributed by atoms with van der Waals surface area (Å²) in [5.74, 6) is 0.340. The second-order valence-electron chi connectivity index (χ2n) is 12.4. The predicted octanol–water partition coefficient (Wildman–Crippen LogP) is 2.06. The number of carbonyl (C=O) groups is 3. The van der Waals surface area contributed by atoms with Crippen LogP contribution in [0.1, 0.15) is 43.7 Å². The van der Waals surface area contributed by atoms with Crippen molar-refractivity contribution in [3.63, 3.8) is 0 Å². The molecule has 0 saturated carbocycles. The van der Waals surface area contributed by atoms with Crippen LogP contribution in [0.4, 0.5) is 11.8 Å². The third-order valence-corrected chi connectivity index (χ3v) is 10.2. The minimum Gasteiger partial charge on any atom is -0.496 e. The van der Waals surface area contributed by atoms with Crippen molar-refractivity contribution in [1.29, 1.82) is 0 Å². The highest BCUT2D eigenvalue weighted by Gasteiger charge is 2.39. The quantitative estimate of drug-likeness (QED) is 0.120. The van der Waals surface area contributed by atoms with Crippen LogP contribution in [0, 0.1) is 0 Å². The van der Waals surface area contributed by atoms with Gasteiger partial charge in [0.25, 0.3) is 0 Å². The minimum absolute atomic E-state index is 0.0921. The zero-order chi connectivity index (χ0) is 34.2. The van der Waals surface area contributed by atoms with E-state index in [1.807, 2.05) is 12.3 Å². The van der Waals surface area contributed by atoms with E-state index in [-0.39, 0.29) is 29.9 Å². The number of carboxylic acid groups (broad SMARTS) is 1. The molecule has 15 heteroatoms. The first-order valence-electron chi connectivity index (χ1n) is 16.6. The first-order chi connectivity index (χ1) is 23.2. The van der Waals surface area contributed by atoms with Crippen LogP contribution in [0.25, 0.3) is 11.0 Å². The highest BCUT2D eigenvalue weighted by atomic mass is 32.2. The topological polar surface area (TPSA) is 185 Å². The van der Waals surface area contributed by atoms with Crippen molar-refractivity contribution in [3.8, 4) is 5.75 Å².